The summed E-state index contributed by atoms with van der Waals surface area (Å²) in [4.78, 5) is 4.49. The highest BCUT2D eigenvalue weighted by Crippen LogP contribution is 2.24. The Balaban J connectivity index is 1.71. The molecule has 1 aliphatic heterocycles. The van der Waals surface area contributed by atoms with E-state index in [9.17, 15) is 0 Å². The molecule has 0 amide bonds. The van der Waals surface area contributed by atoms with Crippen LogP contribution in [-0.2, 0) is 6.54 Å². The summed E-state index contributed by atoms with van der Waals surface area (Å²) in [5.74, 6) is 1.34. The Bertz CT molecular complexity index is 321. The molecular weight excluding hydrogens is 216 g/mol. The van der Waals surface area contributed by atoms with E-state index < -0.39 is 0 Å². The monoisotopic (exact) mass is 236 g/mol. The van der Waals surface area contributed by atoms with Crippen LogP contribution in [0.25, 0.3) is 0 Å². The zero-order chi connectivity index (χ0) is 11.2. The number of aromatic nitrogens is 1. The normalized spacial score (nSPS) is 20.9. The van der Waals surface area contributed by atoms with Gasteiger partial charge in [-0.25, -0.2) is 0 Å². The van der Waals surface area contributed by atoms with Crippen LogP contribution in [0.1, 0.15) is 30.7 Å². The van der Waals surface area contributed by atoms with E-state index >= 15 is 0 Å². The zero-order valence-corrected chi connectivity index (χ0v) is 10.7. The smallest absolute Gasteiger partial charge is 0.0544 e. The van der Waals surface area contributed by atoms with Crippen LogP contribution in [-0.4, -0.2) is 22.5 Å². The fraction of sp³-hybridized carbons (Fsp3) is 0.615. The molecule has 1 aromatic heterocycles. The van der Waals surface area contributed by atoms with Crippen molar-refractivity contribution in [1.82, 2.24) is 10.3 Å². The predicted molar refractivity (Wildman–Crippen MR) is 70.8 cm³/mol. The number of aryl methyl sites for hydroxylation is 1. The fourth-order valence-electron chi connectivity index (χ4n) is 2.03. The molecule has 0 aliphatic carbocycles. The third-order valence-corrected chi connectivity index (χ3v) is 4.30. The second-order valence-corrected chi connectivity index (χ2v) is 5.80. The van der Waals surface area contributed by atoms with Gasteiger partial charge in [-0.15, -0.1) is 0 Å². The van der Waals surface area contributed by atoms with Gasteiger partial charge in [-0.3, -0.25) is 4.98 Å². The molecule has 1 unspecified atom stereocenters. The molecule has 1 atom stereocenters. The van der Waals surface area contributed by atoms with Gasteiger partial charge >= 0.3 is 0 Å². The Labute approximate surface area is 102 Å². The van der Waals surface area contributed by atoms with E-state index in [1.165, 1.54) is 25.0 Å². The van der Waals surface area contributed by atoms with Crippen molar-refractivity contribution in [1.29, 1.82) is 0 Å². The van der Waals surface area contributed by atoms with Gasteiger partial charge in [0.25, 0.3) is 0 Å². The summed E-state index contributed by atoms with van der Waals surface area (Å²) in [7, 11) is 0. The van der Waals surface area contributed by atoms with Crippen molar-refractivity contribution >= 4 is 11.8 Å². The summed E-state index contributed by atoms with van der Waals surface area (Å²) < 4.78 is 0. The van der Waals surface area contributed by atoms with E-state index in [1.807, 2.05) is 13.0 Å². The van der Waals surface area contributed by atoms with E-state index in [2.05, 4.69) is 34.2 Å². The fourth-order valence-corrected chi connectivity index (χ4v) is 3.30. The molecule has 88 valence electrons. The van der Waals surface area contributed by atoms with Gasteiger partial charge in [0.15, 0.2) is 0 Å². The highest BCUT2D eigenvalue weighted by atomic mass is 32.2. The van der Waals surface area contributed by atoms with E-state index in [0.717, 1.165) is 29.7 Å². The molecule has 0 radical (unpaired) electrons. The highest BCUT2D eigenvalue weighted by molar-refractivity contribution is 7.99. The second-order valence-electron chi connectivity index (χ2n) is 4.39. The first kappa shape index (κ1) is 11.9. The van der Waals surface area contributed by atoms with Crippen LogP contribution >= 0.6 is 11.8 Å². The summed E-state index contributed by atoms with van der Waals surface area (Å²) in [6.07, 6.45) is 4.18. The van der Waals surface area contributed by atoms with Gasteiger partial charge in [0.05, 0.1) is 5.69 Å². The van der Waals surface area contributed by atoms with E-state index in [0.29, 0.717) is 0 Å². The maximum absolute atomic E-state index is 4.49. The third-order valence-electron chi connectivity index (χ3n) is 2.90. The van der Waals surface area contributed by atoms with Crippen LogP contribution < -0.4 is 5.32 Å². The number of pyridine rings is 1. The van der Waals surface area contributed by atoms with E-state index in [4.69, 9.17) is 0 Å². The van der Waals surface area contributed by atoms with Crippen LogP contribution in [0.15, 0.2) is 18.2 Å². The van der Waals surface area contributed by atoms with Crippen LogP contribution in [0.4, 0.5) is 0 Å². The molecule has 0 spiro atoms. The lowest BCUT2D eigenvalue weighted by Crippen LogP contribution is -2.26. The van der Waals surface area contributed by atoms with Crippen molar-refractivity contribution < 1.29 is 0 Å². The van der Waals surface area contributed by atoms with Gasteiger partial charge in [-0.05, 0) is 37.7 Å². The first-order chi connectivity index (χ1) is 7.84. The van der Waals surface area contributed by atoms with Crippen LogP contribution in [0.3, 0.4) is 0 Å². The lowest BCUT2D eigenvalue weighted by molar-refractivity contribution is 0.593. The van der Waals surface area contributed by atoms with Gasteiger partial charge in [-0.2, -0.15) is 11.8 Å². The Morgan fingerprint density at radius 3 is 3.12 bits per heavy atom. The Morgan fingerprint density at radius 1 is 1.44 bits per heavy atom. The SMILES string of the molecule is Cc1cccc(CNCC2CCCCS2)n1. The first-order valence-electron chi connectivity index (χ1n) is 6.09. The first-order valence-corrected chi connectivity index (χ1v) is 7.14. The standard InChI is InChI=1S/C13H20N2S/c1-11-5-4-6-12(15-11)9-14-10-13-7-2-3-8-16-13/h4-6,13-14H,2-3,7-10H2,1H3. The average molecular weight is 236 g/mol. The molecule has 1 aliphatic rings. The minimum Gasteiger partial charge on any atom is -0.310 e. The largest absolute Gasteiger partial charge is 0.310 e. The minimum atomic E-state index is 0.818. The molecule has 1 N–H and O–H groups in total. The van der Waals surface area contributed by atoms with Gasteiger partial charge in [0.2, 0.25) is 0 Å². The number of rotatable bonds is 4. The molecule has 0 aromatic carbocycles. The molecular formula is C13H20N2S. The summed E-state index contributed by atoms with van der Waals surface area (Å²) in [5.41, 5.74) is 2.26. The van der Waals surface area contributed by atoms with Crippen LogP contribution in [0, 0.1) is 6.92 Å². The number of nitrogens with one attached hydrogen (secondary N) is 1. The number of thioether (sulfide) groups is 1. The summed E-state index contributed by atoms with van der Waals surface area (Å²) in [6, 6.07) is 6.21. The van der Waals surface area contributed by atoms with Crippen molar-refractivity contribution in [2.45, 2.75) is 38.0 Å². The Morgan fingerprint density at radius 2 is 2.38 bits per heavy atom. The van der Waals surface area contributed by atoms with Crippen molar-refractivity contribution in [3.63, 3.8) is 0 Å². The Hall–Kier alpha value is -0.540. The highest BCUT2D eigenvalue weighted by Gasteiger charge is 2.12. The molecule has 16 heavy (non-hydrogen) atoms. The molecule has 1 saturated heterocycles. The second kappa shape index (κ2) is 6.26. The topological polar surface area (TPSA) is 24.9 Å². The van der Waals surface area contributed by atoms with Gasteiger partial charge in [0.1, 0.15) is 0 Å². The summed E-state index contributed by atoms with van der Waals surface area (Å²) in [6.45, 7) is 4.07. The number of hydrogen-bond donors (Lipinski definition) is 1. The average Bonchev–Trinajstić information content (AvgIpc) is 2.30. The van der Waals surface area contributed by atoms with Gasteiger partial charge in [0, 0.05) is 24.0 Å². The molecule has 1 aromatic rings. The number of hydrogen-bond acceptors (Lipinski definition) is 3. The number of nitrogens with zero attached hydrogens (tertiary/aromatic N) is 1. The van der Waals surface area contributed by atoms with Gasteiger partial charge in [-0.1, -0.05) is 12.5 Å². The zero-order valence-electron chi connectivity index (χ0n) is 9.91. The maximum atomic E-state index is 4.49. The van der Waals surface area contributed by atoms with E-state index in [-0.39, 0.29) is 0 Å². The lowest BCUT2D eigenvalue weighted by Gasteiger charge is -2.21. The van der Waals surface area contributed by atoms with Crippen molar-refractivity contribution in [3.8, 4) is 0 Å². The molecule has 0 bridgehead atoms. The molecule has 0 saturated carbocycles. The Kier molecular flexibility index (Phi) is 4.67. The maximum Gasteiger partial charge on any atom is 0.0544 e. The van der Waals surface area contributed by atoms with Crippen LogP contribution in [0.5, 0.6) is 0 Å². The quantitative estimate of drug-likeness (QED) is 0.870. The van der Waals surface area contributed by atoms with Crippen molar-refractivity contribution in [2.75, 3.05) is 12.3 Å². The van der Waals surface area contributed by atoms with Crippen molar-refractivity contribution in [2.24, 2.45) is 0 Å². The summed E-state index contributed by atoms with van der Waals surface area (Å²) in [5, 5.41) is 4.33. The molecule has 1 fully saturated rings. The van der Waals surface area contributed by atoms with E-state index in [1.54, 1.807) is 0 Å². The third kappa shape index (κ3) is 3.80. The van der Waals surface area contributed by atoms with Crippen LogP contribution in [0.2, 0.25) is 0 Å². The van der Waals surface area contributed by atoms with Gasteiger partial charge < -0.3 is 5.32 Å². The molecule has 3 heteroatoms. The van der Waals surface area contributed by atoms with Crippen molar-refractivity contribution in [3.05, 3.63) is 29.6 Å². The lowest BCUT2D eigenvalue weighted by atomic mass is 10.2. The predicted octanol–water partition coefficient (Wildman–Crippen LogP) is 2.77. The summed E-state index contributed by atoms with van der Waals surface area (Å²) >= 11 is 2.12. The molecule has 2 rings (SSSR count). The molecule has 2 heterocycles. The molecule has 2 nitrogen and oxygen atoms in total. The minimum absolute atomic E-state index is 0.818.